The van der Waals surface area contributed by atoms with Gasteiger partial charge in [0.25, 0.3) is 0 Å². The highest BCUT2D eigenvalue weighted by atomic mass is 35.5. The van der Waals surface area contributed by atoms with E-state index in [2.05, 4.69) is 10.6 Å². The molecule has 158 valence electrons. The molecule has 2 saturated heterocycles. The third-order valence-corrected chi connectivity index (χ3v) is 5.31. The van der Waals surface area contributed by atoms with Gasteiger partial charge < -0.3 is 29.6 Å². The molecule has 2 aliphatic rings. The van der Waals surface area contributed by atoms with Gasteiger partial charge in [-0.25, -0.2) is 0 Å². The van der Waals surface area contributed by atoms with Crippen LogP contribution >= 0.6 is 12.4 Å². The van der Waals surface area contributed by atoms with Crippen molar-refractivity contribution in [1.82, 2.24) is 14.8 Å². The van der Waals surface area contributed by atoms with Crippen molar-refractivity contribution in [3.63, 3.8) is 0 Å². The molecule has 1 aromatic heterocycles. The minimum atomic E-state index is -0.361. The molecule has 0 spiro atoms. The van der Waals surface area contributed by atoms with E-state index in [-0.39, 0.29) is 36.4 Å². The first-order valence-electron chi connectivity index (χ1n) is 9.72. The van der Waals surface area contributed by atoms with Crippen molar-refractivity contribution >= 4 is 40.8 Å². The second kappa shape index (κ2) is 9.58. The number of aromatic nitrogens is 1. The van der Waals surface area contributed by atoms with Crippen molar-refractivity contribution in [2.24, 2.45) is 0 Å². The first-order valence-corrected chi connectivity index (χ1v) is 9.72. The number of nitrogens with zero attached hydrogens (tertiary/aromatic N) is 2. The monoisotopic (exact) mass is 422 g/mol. The topological polar surface area (TPSA) is 84.8 Å². The van der Waals surface area contributed by atoms with Gasteiger partial charge in [-0.2, -0.15) is 0 Å². The average molecular weight is 423 g/mol. The molecule has 4 rings (SSSR count). The van der Waals surface area contributed by atoms with Gasteiger partial charge in [-0.1, -0.05) is 0 Å². The van der Waals surface area contributed by atoms with E-state index in [4.69, 9.17) is 9.47 Å². The molecule has 2 atom stereocenters. The summed E-state index contributed by atoms with van der Waals surface area (Å²) in [6, 6.07) is 7.33. The standard InChI is InChI=1S/C20H26N4O4.ClH/c1-14-19(21-5-9-28-14)20(26)22-16-2-3-17-15(12-16)4-6-24(17)13-18(25)23-7-10-27-11-8-23;/h2-4,6,12,14,19,21H,5,7-11,13H2,1H3,(H,22,26);1H/t14-,19+;/m1./s1. The Morgan fingerprint density at radius 3 is 2.76 bits per heavy atom. The Hall–Kier alpha value is -2.13. The summed E-state index contributed by atoms with van der Waals surface area (Å²) in [7, 11) is 0. The lowest BCUT2D eigenvalue weighted by Crippen LogP contribution is -2.53. The molecule has 0 radical (unpaired) electrons. The summed E-state index contributed by atoms with van der Waals surface area (Å²) < 4.78 is 12.8. The van der Waals surface area contributed by atoms with Gasteiger partial charge in [-0.05, 0) is 31.2 Å². The van der Waals surface area contributed by atoms with Crippen molar-refractivity contribution < 1.29 is 19.1 Å². The van der Waals surface area contributed by atoms with E-state index in [9.17, 15) is 9.59 Å². The number of halogens is 1. The van der Waals surface area contributed by atoms with E-state index in [0.29, 0.717) is 46.0 Å². The quantitative estimate of drug-likeness (QED) is 0.774. The highest BCUT2D eigenvalue weighted by molar-refractivity contribution is 5.97. The molecule has 0 aliphatic carbocycles. The second-order valence-corrected chi connectivity index (χ2v) is 7.21. The van der Waals surface area contributed by atoms with Gasteiger partial charge in [0, 0.05) is 42.4 Å². The van der Waals surface area contributed by atoms with Crippen LogP contribution in [0.1, 0.15) is 6.92 Å². The van der Waals surface area contributed by atoms with Crippen LogP contribution in [0.2, 0.25) is 0 Å². The highest BCUT2D eigenvalue weighted by Crippen LogP contribution is 2.21. The minimum Gasteiger partial charge on any atom is -0.378 e. The number of anilines is 1. The van der Waals surface area contributed by atoms with Gasteiger partial charge in [0.1, 0.15) is 12.6 Å². The molecule has 2 amide bonds. The molecule has 0 unspecified atom stereocenters. The molecule has 2 fully saturated rings. The van der Waals surface area contributed by atoms with Gasteiger partial charge in [0.2, 0.25) is 11.8 Å². The van der Waals surface area contributed by atoms with Crippen LogP contribution in [0.15, 0.2) is 30.5 Å². The Morgan fingerprint density at radius 1 is 1.21 bits per heavy atom. The van der Waals surface area contributed by atoms with Crippen LogP contribution in [0.5, 0.6) is 0 Å². The normalized spacial score (nSPS) is 22.2. The summed E-state index contributed by atoms with van der Waals surface area (Å²) >= 11 is 0. The predicted octanol–water partition coefficient (Wildman–Crippen LogP) is 1.24. The molecule has 2 aromatic rings. The Morgan fingerprint density at radius 2 is 2.00 bits per heavy atom. The van der Waals surface area contributed by atoms with Crippen molar-refractivity contribution in [2.45, 2.75) is 25.6 Å². The molecule has 0 bridgehead atoms. The lowest BCUT2D eigenvalue weighted by Gasteiger charge is -2.29. The third kappa shape index (κ3) is 4.90. The van der Waals surface area contributed by atoms with Crippen LogP contribution in [0, 0.1) is 0 Å². The number of morpholine rings is 2. The number of ether oxygens (including phenoxy) is 2. The lowest BCUT2D eigenvalue weighted by molar-refractivity contribution is -0.135. The number of nitrogens with one attached hydrogen (secondary N) is 2. The van der Waals surface area contributed by atoms with Crippen LogP contribution < -0.4 is 10.6 Å². The predicted molar refractivity (Wildman–Crippen MR) is 112 cm³/mol. The summed E-state index contributed by atoms with van der Waals surface area (Å²) in [6.07, 6.45) is 1.75. The fraction of sp³-hybridized carbons (Fsp3) is 0.500. The SMILES string of the molecule is C[C@H]1OCCN[C@@H]1C(=O)Nc1ccc2c(ccn2CC(=O)N2CCOCC2)c1.Cl. The largest absolute Gasteiger partial charge is 0.378 e. The highest BCUT2D eigenvalue weighted by Gasteiger charge is 2.28. The van der Waals surface area contributed by atoms with E-state index < -0.39 is 0 Å². The number of hydrogen-bond donors (Lipinski definition) is 2. The summed E-state index contributed by atoms with van der Waals surface area (Å²) in [5.41, 5.74) is 1.70. The smallest absolute Gasteiger partial charge is 0.244 e. The molecule has 1 aromatic carbocycles. The fourth-order valence-corrected chi connectivity index (χ4v) is 3.72. The summed E-state index contributed by atoms with van der Waals surface area (Å²) in [4.78, 5) is 26.9. The van der Waals surface area contributed by atoms with Crippen molar-refractivity contribution in [1.29, 1.82) is 0 Å². The Balaban J connectivity index is 0.00000240. The zero-order chi connectivity index (χ0) is 19.5. The molecule has 29 heavy (non-hydrogen) atoms. The number of carbonyl (C=O) groups excluding carboxylic acids is 2. The zero-order valence-corrected chi connectivity index (χ0v) is 17.2. The van der Waals surface area contributed by atoms with E-state index >= 15 is 0 Å². The van der Waals surface area contributed by atoms with Crippen LogP contribution in [0.25, 0.3) is 10.9 Å². The van der Waals surface area contributed by atoms with E-state index in [1.807, 2.05) is 46.9 Å². The number of carbonyl (C=O) groups is 2. The van der Waals surface area contributed by atoms with E-state index in [0.717, 1.165) is 16.6 Å². The number of fused-ring (bicyclic) bond motifs is 1. The maximum Gasteiger partial charge on any atom is 0.244 e. The second-order valence-electron chi connectivity index (χ2n) is 7.21. The van der Waals surface area contributed by atoms with Crippen LogP contribution in [-0.4, -0.2) is 72.9 Å². The van der Waals surface area contributed by atoms with Crippen molar-refractivity contribution in [3.8, 4) is 0 Å². The van der Waals surface area contributed by atoms with Gasteiger partial charge in [-0.3, -0.25) is 9.59 Å². The Bertz CT molecular complexity index is 865. The first-order chi connectivity index (χ1) is 13.6. The molecular formula is C20H27ClN4O4. The fourth-order valence-electron chi connectivity index (χ4n) is 3.72. The Kier molecular flexibility index (Phi) is 7.13. The molecule has 9 heteroatoms. The van der Waals surface area contributed by atoms with Gasteiger partial charge in [0.15, 0.2) is 0 Å². The summed E-state index contributed by atoms with van der Waals surface area (Å²) in [6.45, 7) is 5.97. The minimum absolute atomic E-state index is 0. The molecule has 0 saturated carbocycles. The maximum atomic E-state index is 12.5. The van der Waals surface area contributed by atoms with Crippen molar-refractivity contribution in [2.75, 3.05) is 44.8 Å². The number of amides is 2. The van der Waals surface area contributed by atoms with E-state index in [1.165, 1.54) is 0 Å². The molecule has 3 heterocycles. The molecule has 8 nitrogen and oxygen atoms in total. The first kappa shape index (κ1) is 21.6. The zero-order valence-electron chi connectivity index (χ0n) is 16.4. The van der Waals surface area contributed by atoms with Gasteiger partial charge in [0.05, 0.1) is 25.9 Å². The van der Waals surface area contributed by atoms with Gasteiger partial charge >= 0.3 is 0 Å². The van der Waals surface area contributed by atoms with Crippen molar-refractivity contribution in [3.05, 3.63) is 30.5 Å². The van der Waals surface area contributed by atoms with Crippen LogP contribution in [0.4, 0.5) is 5.69 Å². The summed E-state index contributed by atoms with van der Waals surface area (Å²) in [5, 5.41) is 7.13. The van der Waals surface area contributed by atoms with E-state index in [1.54, 1.807) is 0 Å². The van der Waals surface area contributed by atoms with Crippen LogP contribution in [0.3, 0.4) is 0 Å². The average Bonchev–Trinajstić information content (AvgIpc) is 3.11. The molecule has 2 N–H and O–H groups in total. The number of benzene rings is 1. The number of hydrogen-bond acceptors (Lipinski definition) is 5. The third-order valence-electron chi connectivity index (χ3n) is 5.31. The lowest BCUT2D eigenvalue weighted by atomic mass is 10.1. The maximum absolute atomic E-state index is 12.5. The summed E-state index contributed by atoms with van der Waals surface area (Å²) in [5.74, 6) is -0.0102. The van der Waals surface area contributed by atoms with Gasteiger partial charge in [-0.15, -0.1) is 12.4 Å². The Labute approximate surface area is 175 Å². The van der Waals surface area contributed by atoms with Crippen LogP contribution in [-0.2, 0) is 25.6 Å². The number of rotatable bonds is 4. The molecule has 2 aliphatic heterocycles. The molecular weight excluding hydrogens is 396 g/mol.